The predicted molar refractivity (Wildman–Crippen MR) is 64.1 cm³/mol. The number of nitriles is 1. The van der Waals surface area contributed by atoms with Crippen LogP contribution < -0.4 is 0 Å². The van der Waals surface area contributed by atoms with Crippen LogP contribution in [0.15, 0.2) is 0 Å². The molecule has 0 aromatic carbocycles. The zero-order chi connectivity index (χ0) is 14.3. The molecule has 1 aliphatic rings. The van der Waals surface area contributed by atoms with Crippen LogP contribution in [0.4, 0.5) is 4.79 Å². The predicted octanol–water partition coefficient (Wildman–Crippen LogP) is 0.689. The number of esters is 1. The molecular weight excluding hydrogens is 252 g/mol. The summed E-state index contributed by atoms with van der Waals surface area (Å²) < 4.78 is 14.9. The van der Waals surface area contributed by atoms with Crippen LogP contribution in [0.1, 0.15) is 19.8 Å². The van der Waals surface area contributed by atoms with E-state index in [4.69, 9.17) is 14.7 Å². The number of likely N-dealkylation sites (tertiary alicyclic amines) is 1. The molecule has 19 heavy (non-hydrogen) atoms. The van der Waals surface area contributed by atoms with Crippen LogP contribution in [-0.2, 0) is 19.0 Å². The highest BCUT2D eigenvalue weighted by atomic mass is 16.6. The molecule has 1 fully saturated rings. The average molecular weight is 270 g/mol. The van der Waals surface area contributed by atoms with Crippen LogP contribution in [0.5, 0.6) is 0 Å². The third-order valence-electron chi connectivity index (χ3n) is 2.91. The van der Waals surface area contributed by atoms with Crippen molar-refractivity contribution >= 4 is 12.1 Å². The Morgan fingerprint density at radius 3 is 2.79 bits per heavy atom. The van der Waals surface area contributed by atoms with Crippen molar-refractivity contribution in [2.75, 3.05) is 26.9 Å². The molecule has 7 heteroatoms. The zero-order valence-electron chi connectivity index (χ0n) is 11.1. The van der Waals surface area contributed by atoms with Gasteiger partial charge in [0.05, 0.1) is 25.9 Å². The number of nitrogens with zero attached hydrogens (tertiary/aromatic N) is 2. The summed E-state index contributed by atoms with van der Waals surface area (Å²) >= 11 is 0. The average Bonchev–Trinajstić information content (AvgIpc) is 2.44. The molecule has 106 valence electrons. The lowest BCUT2D eigenvalue weighted by Gasteiger charge is -2.36. The third-order valence-corrected chi connectivity index (χ3v) is 2.91. The number of carbonyl (C=O) groups is 2. The fourth-order valence-electron chi connectivity index (χ4n) is 2.04. The van der Waals surface area contributed by atoms with Crippen molar-refractivity contribution in [1.82, 2.24) is 4.90 Å². The summed E-state index contributed by atoms with van der Waals surface area (Å²) in [6.07, 6.45) is 0.0919. The maximum Gasteiger partial charge on any atom is 0.410 e. The SMILES string of the molecule is CCOC(=O)C1CC(OCC#N)CCN1C(=O)OC. The Bertz CT molecular complexity index is 366. The minimum absolute atomic E-state index is 0.0293. The Balaban J connectivity index is 2.71. The van der Waals surface area contributed by atoms with Crippen LogP contribution in [0.3, 0.4) is 0 Å². The van der Waals surface area contributed by atoms with Crippen molar-refractivity contribution in [2.45, 2.75) is 31.9 Å². The van der Waals surface area contributed by atoms with Gasteiger partial charge in [-0.15, -0.1) is 0 Å². The quantitative estimate of drug-likeness (QED) is 0.698. The van der Waals surface area contributed by atoms with Crippen molar-refractivity contribution in [1.29, 1.82) is 5.26 Å². The fourth-order valence-corrected chi connectivity index (χ4v) is 2.04. The van der Waals surface area contributed by atoms with Crippen molar-refractivity contribution in [3.63, 3.8) is 0 Å². The summed E-state index contributed by atoms with van der Waals surface area (Å²) in [5.41, 5.74) is 0. The van der Waals surface area contributed by atoms with E-state index < -0.39 is 18.1 Å². The summed E-state index contributed by atoms with van der Waals surface area (Å²) in [4.78, 5) is 24.8. The molecule has 2 unspecified atom stereocenters. The van der Waals surface area contributed by atoms with Crippen molar-refractivity contribution in [3.05, 3.63) is 0 Å². The first-order chi connectivity index (χ1) is 9.13. The molecule has 0 saturated carbocycles. The van der Waals surface area contributed by atoms with E-state index in [-0.39, 0.29) is 19.3 Å². The number of methoxy groups -OCH3 is 1. The Morgan fingerprint density at radius 2 is 2.21 bits per heavy atom. The second kappa shape index (κ2) is 7.59. The van der Waals surface area contributed by atoms with Crippen LogP contribution in [-0.4, -0.2) is 56.0 Å². The highest BCUT2D eigenvalue weighted by Gasteiger charge is 2.38. The molecule has 7 nitrogen and oxygen atoms in total. The molecular formula is C12H18N2O5. The molecule has 0 N–H and O–H groups in total. The fraction of sp³-hybridized carbons (Fsp3) is 0.750. The van der Waals surface area contributed by atoms with Crippen LogP contribution in [0, 0.1) is 11.3 Å². The lowest BCUT2D eigenvalue weighted by molar-refractivity contribution is -0.152. The third kappa shape index (κ3) is 4.10. The molecule has 0 aromatic rings. The van der Waals surface area contributed by atoms with E-state index in [0.29, 0.717) is 19.4 Å². The molecule has 1 amide bonds. The van der Waals surface area contributed by atoms with Gasteiger partial charge in [-0.05, 0) is 13.3 Å². The van der Waals surface area contributed by atoms with Crippen LogP contribution in [0.2, 0.25) is 0 Å². The van der Waals surface area contributed by atoms with Gasteiger partial charge in [-0.25, -0.2) is 9.59 Å². The smallest absolute Gasteiger partial charge is 0.410 e. The molecule has 0 bridgehead atoms. The Kier molecular flexibility index (Phi) is 6.09. The molecule has 0 aromatic heterocycles. The largest absolute Gasteiger partial charge is 0.464 e. The van der Waals surface area contributed by atoms with Gasteiger partial charge in [-0.1, -0.05) is 0 Å². The van der Waals surface area contributed by atoms with Crippen LogP contribution >= 0.6 is 0 Å². The van der Waals surface area contributed by atoms with Gasteiger partial charge < -0.3 is 14.2 Å². The molecule has 1 aliphatic heterocycles. The van der Waals surface area contributed by atoms with Gasteiger partial charge in [0, 0.05) is 13.0 Å². The summed E-state index contributed by atoms with van der Waals surface area (Å²) in [6, 6.07) is 1.17. The van der Waals surface area contributed by atoms with E-state index in [1.165, 1.54) is 12.0 Å². The lowest BCUT2D eigenvalue weighted by atomic mass is 10.00. The van der Waals surface area contributed by atoms with E-state index in [1.807, 2.05) is 6.07 Å². The van der Waals surface area contributed by atoms with E-state index in [1.54, 1.807) is 6.92 Å². The number of piperidine rings is 1. The van der Waals surface area contributed by atoms with Gasteiger partial charge in [0.1, 0.15) is 12.6 Å². The molecule has 0 spiro atoms. The van der Waals surface area contributed by atoms with Crippen molar-refractivity contribution < 1.29 is 23.8 Å². The van der Waals surface area contributed by atoms with Gasteiger partial charge in [0.15, 0.2) is 0 Å². The summed E-state index contributed by atoms with van der Waals surface area (Å²) in [6.45, 7) is 2.26. The first-order valence-electron chi connectivity index (χ1n) is 6.13. The molecule has 2 atom stereocenters. The second-order valence-corrected chi connectivity index (χ2v) is 4.05. The Labute approximate surface area is 112 Å². The summed E-state index contributed by atoms with van der Waals surface area (Å²) in [5.74, 6) is -0.474. The number of hydrogen-bond acceptors (Lipinski definition) is 6. The highest BCUT2D eigenvalue weighted by molar-refractivity contribution is 5.81. The molecule has 0 aliphatic carbocycles. The number of carbonyl (C=O) groups excluding carboxylic acids is 2. The molecule has 1 rings (SSSR count). The molecule has 0 radical (unpaired) electrons. The zero-order valence-corrected chi connectivity index (χ0v) is 11.1. The number of hydrogen-bond donors (Lipinski definition) is 0. The monoisotopic (exact) mass is 270 g/mol. The Morgan fingerprint density at radius 1 is 1.47 bits per heavy atom. The minimum Gasteiger partial charge on any atom is -0.464 e. The standard InChI is InChI=1S/C12H18N2O5/c1-3-18-11(15)10-8-9(19-7-5-13)4-6-14(10)12(16)17-2/h9-10H,3-4,6-8H2,1-2H3. The second-order valence-electron chi connectivity index (χ2n) is 4.05. The normalized spacial score (nSPS) is 22.5. The van der Waals surface area contributed by atoms with E-state index in [0.717, 1.165) is 0 Å². The maximum atomic E-state index is 11.9. The van der Waals surface area contributed by atoms with Gasteiger partial charge in [-0.3, -0.25) is 4.90 Å². The van der Waals surface area contributed by atoms with E-state index in [9.17, 15) is 9.59 Å². The van der Waals surface area contributed by atoms with Gasteiger partial charge in [-0.2, -0.15) is 5.26 Å². The first-order valence-corrected chi connectivity index (χ1v) is 6.13. The van der Waals surface area contributed by atoms with E-state index in [2.05, 4.69) is 4.74 Å². The Hall–Kier alpha value is -1.81. The molecule has 1 heterocycles. The van der Waals surface area contributed by atoms with Gasteiger partial charge >= 0.3 is 12.1 Å². The lowest BCUT2D eigenvalue weighted by Crippen LogP contribution is -2.52. The topological polar surface area (TPSA) is 88.9 Å². The number of amides is 1. The van der Waals surface area contributed by atoms with E-state index >= 15 is 0 Å². The first kappa shape index (κ1) is 15.2. The summed E-state index contributed by atoms with van der Waals surface area (Å²) in [7, 11) is 1.27. The maximum absolute atomic E-state index is 11.9. The summed E-state index contributed by atoms with van der Waals surface area (Å²) in [5, 5.41) is 8.48. The van der Waals surface area contributed by atoms with Crippen molar-refractivity contribution in [3.8, 4) is 6.07 Å². The van der Waals surface area contributed by atoms with Gasteiger partial charge in [0.2, 0.25) is 0 Å². The number of ether oxygens (including phenoxy) is 3. The van der Waals surface area contributed by atoms with Crippen LogP contribution in [0.25, 0.3) is 0 Å². The molecule has 1 saturated heterocycles. The minimum atomic E-state index is -0.718. The number of rotatable bonds is 4. The van der Waals surface area contributed by atoms with Crippen molar-refractivity contribution in [2.24, 2.45) is 0 Å². The highest BCUT2D eigenvalue weighted by Crippen LogP contribution is 2.22. The van der Waals surface area contributed by atoms with Gasteiger partial charge in [0.25, 0.3) is 0 Å².